The second kappa shape index (κ2) is 5.41. The fourth-order valence-electron chi connectivity index (χ4n) is 1.56. The molecule has 0 aliphatic rings. The Balaban J connectivity index is 2.16. The number of nitrogens with two attached hydrogens (primary N) is 1. The molecule has 0 saturated carbocycles. The van der Waals surface area contributed by atoms with E-state index in [-0.39, 0.29) is 6.10 Å². The first-order valence-corrected chi connectivity index (χ1v) is 5.52. The summed E-state index contributed by atoms with van der Waals surface area (Å²) in [5.41, 5.74) is 7.61. The highest BCUT2D eigenvalue weighted by Gasteiger charge is 2.10. The van der Waals surface area contributed by atoms with E-state index in [1.165, 1.54) is 0 Å². The molecule has 0 radical (unpaired) electrons. The third-order valence-corrected chi connectivity index (χ3v) is 2.53. The van der Waals surface area contributed by atoms with E-state index in [0.717, 1.165) is 11.1 Å². The quantitative estimate of drug-likeness (QED) is 0.871. The van der Waals surface area contributed by atoms with Gasteiger partial charge < -0.3 is 10.5 Å². The summed E-state index contributed by atoms with van der Waals surface area (Å²) in [7, 11) is 0. The van der Waals surface area contributed by atoms with E-state index in [1.807, 2.05) is 31.2 Å². The number of aromatic nitrogens is 2. The molecule has 4 nitrogen and oxygen atoms in total. The van der Waals surface area contributed by atoms with Gasteiger partial charge in [-0.2, -0.15) is 0 Å². The van der Waals surface area contributed by atoms with Crippen LogP contribution in [0.4, 0.5) is 0 Å². The molecule has 4 heteroatoms. The van der Waals surface area contributed by atoms with Crippen LogP contribution in [0.5, 0.6) is 5.88 Å². The lowest BCUT2D eigenvalue weighted by molar-refractivity contribution is 0.215. The molecule has 1 atom stereocenters. The van der Waals surface area contributed by atoms with E-state index >= 15 is 0 Å². The van der Waals surface area contributed by atoms with Crippen molar-refractivity contribution in [1.29, 1.82) is 0 Å². The number of rotatable bonds is 4. The van der Waals surface area contributed by atoms with E-state index in [9.17, 15) is 0 Å². The van der Waals surface area contributed by atoms with Crippen LogP contribution in [0.2, 0.25) is 0 Å². The van der Waals surface area contributed by atoms with Gasteiger partial charge in [-0.15, -0.1) is 0 Å². The van der Waals surface area contributed by atoms with Crippen LogP contribution < -0.4 is 10.5 Å². The SMILES string of the molecule is CC(Oc1ncccc1CN)c1ccncc1. The monoisotopic (exact) mass is 229 g/mol. The predicted octanol–water partition coefficient (Wildman–Crippen LogP) is 2.08. The van der Waals surface area contributed by atoms with Crippen molar-refractivity contribution in [2.75, 3.05) is 0 Å². The molecule has 0 saturated heterocycles. The van der Waals surface area contributed by atoms with Gasteiger partial charge in [0.15, 0.2) is 0 Å². The molecular formula is C13H15N3O. The number of ether oxygens (including phenoxy) is 1. The van der Waals surface area contributed by atoms with Gasteiger partial charge in [-0.1, -0.05) is 6.07 Å². The lowest BCUT2D eigenvalue weighted by Crippen LogP contribution is -2.08. The molecule has 0 aromatic carbocycles. The van der Waals surface area contributed by atoms with Crippen LogP contribution in [0.3, 0.4) is 0 Å². The van der Waals surface area contributed by atoms with Crippen molar-refractivity contribution in [3.8, 4) is 5.88 Å². The normalized spacial score (nSPS) is 12.1. The summed E-state index contributed by atoms with van der Waals surface area (Å²) in [5.74, 6) is 0.597. The summed E-state index contributed by atoms with van der Waals surface area (Å²) in [5, 5.41) is 0. The van der Waals surface area contributed by atoms with Gasteiger partial charge in [0, 0.05) is 30.7 Å². The van der Waals surface area contributed by atoms with Gasteiger partial charge in [0.1, 0.15) is 6.10 Å². The number of hydrogen-bond acceptors (Lipinski definition) is 4. The molecule has 0 bridgehead atoms. The van der Waals surface area contributed by atoms with Crippen molar-refractivity contribution in [1.82, 2.24) is 9.97 Å². The third-order valence-electron chi connectivity index (χ3n) is 2.53. The smallest absolute Gasteiger partial charge is 0.218 e. The van der Waals surface area contributed by atoms with Crippen molar-refractivity contribution in [3.05, 3.63) is 54.0 Å². The van der Waals surface area contributed by atoms with E-state index < -0.39 is 0 Å². The van der Waals surface area contributed by atoms with Gasteiger partial charge in [0.25, 0.3) is 0 Å². The Morgan fingerprint density at radius 2 is 2.00 bits per heavy atom. The second-order valence-corrected chi connectivity index (χ2v) is 3.71. The zero-order chi connectivity index (χ0) is 12.1. The van der Waals surface area contributed by atoms with E-state index in [1.54, 1.807) is 18.6 Å². The zero-order valence-electron chi connectivity index (χ0n) is 9.71. The molecule has 1 unspecified atom stereocenters. The van der Waals surface area contributed by atoms with Crippen molar-refractivity contribution in [2.45, 2.75) is 19.6 Å². The standard InChI is InChI=1S/C13H15N3O/c1-10(11-4-7-15-8-5-11)17-13-12(9-14)3-2-6-16-13/h2-8,10H,9,14H2,1H3. The van der Waals surface area contributed by atoms with Crippen molar-refractivity contribution < 1.29 is 4.74 Å². The number of hydrogen-bond donors (Lipinski definition) is 1. The van der Waals surface area contributed by atoms with Crippen molar-refractivity contribution in [2.24, 2.45) is 5.73 Å². The molecule has 0 amide bonds. The Hall–Kier alpha value is -1.94. The van der Waals surface area contributed by atoms with Gasteiger partial charge in [-0.3, -0.25) is 4.98 Å². The highest BCUT2D eigenvalue weighted by Crippen LogP contribution is 2.22. The molecule has 0 fully saturated rings. The molecule has 2 rings (SSSR count). The largest absolute Gasteiger partial charge is 0.470 e. The van der Waals surface area contributed by atoms with Crippen LogP contribution in [-0.2, 0) is 6.54 Å². The molecule has 2 aromatic heterocycles. The molecule has 17 heavy (non-hydrogen) atoms. The van der Waals surface area contributed by atoms with Crippen LogP contribution in [0, 0.1) is 0 Å². The Labute approximate surface area is 100 Å². The lowest BCUT2D eigenvalue weighted by Gasteiger charge is -2.15. The topological polar surface area (TPSA) is 61.0 Å². The average Bonchev–Trinajstić information content (AvgIpc) is 2.40. The summed E-state index contributed by atoms with van der Waals surface area (Å²) in [4.78, 5) is 8.17. The maximum absolute atomic E-state index is 5.80. The van der Waals surface area contributed by atoms with Crippen molar-refractivity contribution in [3.63, 3.8) is 0 Å². The molecule has 0 aliphatic heterocycles. The Morgan fingerprint density at radius 3 is 2.71 bits per heavy atom. The minimum absolute atomic E-state index is 0.0711. The average molecular weight is 229 g/mol. The predicted molar refractivity (Wildman–Crippen MR) is 65.4 cm³/mol. The summed E-state index contributed by atoms with van der Waals surface area (Å²) in [6, 6.07) is 7.62. The maximum atomic E-state index is 5.80. The number of pyridine rings is 2. The fraction of sp³-hybridized carbons (Fsp3) is 0.231. The fourth-order valence-corrected chi connectivity index (χ4v) is 1.56. The Morgan fingerprint density at radius 1 is 1.24 bits per heavy atom. The molecule has 0 spiro atoms. The highest BCUT2D eigenvalue weighted by atomic mass is 16.5. The van der Waals surface area contributed by atoms with Gasteiger partial charge in [0.05, 0.1) is 0 Å². The Kier molecular flexibility index (Phi) is 3.67. The van der Waals surface area contributed by atoms with E-state index in [2.05, 4.69) is 9.97 Å². The van der Waals surface area contributed by atoms with E-state index in [4.69, 9.17) is 10.5 Å². The maximum Gasteiger partial charge on any atom is 0.218 e. The lowest BCUT2D eigenvalue weighted by atomic mass is 10.2. The molecule has 2 heterocycles. The third kappa shape index (κ3) is 2.79. The van der Waals surface area contributed by atoms with Gasteiger partial charge in [-0.25, -0.2) is 4.98 Å². The Bertz CT molecular complexity index is 473. The molecule has 2 N–H and O–H groups in total. The van der Waals surface area contributed by atoms with Crippen LogP contribution in [0.15, 0.2) is 42.9 Å². The minimum Gasteiger partial charge on any atom is -0.470 e. The first-order chi connectivity index (χ1) is 8.31. The van der Waals surface area contributed by atoms with E-state index in [0.29, 0.717) is 12.4 Å². The van der Waals surface area contributed by atoms with Crippen LogP contribution in [0.1, 0.15) is 24.2 Å². The van der Waals surface area contributed by atoms with Gasteiger partial charge in [-0.05, 0) is 30.7 Å². The number of nitrogens with zero attached hydrogens (tertiary/aromatic N) is 2. The minimum atomic E-state index is -0.0711. The first-order valence-electron chi connectivity index (χ1n) is 5.52. The first kappa shape index (κ1) is 11.5. The van der Waals surface area contributed by atoms with Crippen LogP contribution in [0.25, 0.3) is 0 Å². The van der Waals surface area contributed by atoms with Gasteiger partial charge in [0.2, 0.25) is 5.88 Å². The summed E-state index contributed by atoms with van der Waals surface area (Å²) < 4.78 is 5.80. The summed E-state index contributed by atoms with van der Waals surface area (Å²) >= 11 is 0. The van der Waals surface area contributed by atoms with Gasteiger partial charge >= 0.3 is 0 Å². The zero-order valence-corrected chi connectivity index (χ0v) is 9.71. The molecular weight excluding hydrogens is 214 g/mol. The molecule has 0 aliphatic carbocycles. The summed E-state index contributed by atoms with van der Waals surface area (Å²) in [6.45, 7) is 2.40. The summed E-state index contributed by atoms with van der Waals surface area (Å²) in [6.07, 6.45) is 5.13. The van der Waals surface area contributed by atoms with Crippen LogP contribution >= 0.6 is 0 Å². The second-order valence-electron chi connectivity index (χ2n) is 3.71. The molecule has 88 valence electrons. The van der Waals surface area contributed by atoms with Crippen molar-refractivity contribution >= 4 is 0 Å². The van der Waals surface area contributed by atoms with Crippen LogP contribution in [-0.4, -0.2) is 9.97 Å². The highest BCUT2D eigenvalue weighted by molar-refractivity contribution is 5.26. The molecule has 2 aromatic rings.